The number of fused-ring (bicyclic) bond motifs is 1. The third kappa shape index (κ3) is 3.96. The Morgan fingerprint density at radius 3 is 2.58 bits per heavy atom. The molecule has 2 aromatic carbocycles. The lowest BCUT2D eigenvalue weighted by molar-refractivity contribution is -0.116. The lowest BCUT2D eigenvalue weighted by atomic mass is 10.0. The number of likely N-dealkylation sites (N-methyl/N-ethyl adjacent to an activating group) is 1. The highest BCUT2D eigenvalue weighted by Gasteiger charge is 2.18. The Kier molecular flexibility index (Phi) is 5.40. The van der Waals surface area contributed by atoms with Crippen LogP contribution < -0.4 is 10.2 Å². The molecule has 2 aromatic rings. The fourth-order valence-electron chi connectivity index (χ4n) is 3.36. The van der Waals surface area contributed by atoms with Crippen LogP contribution in [0.2, 0.25) is 0 Å². The van der Waals surface area contributed by atoms with Crippen LogP contribution >= 0.6 is 0 Å². The molecule has 0 atom stereocenters. The van der Waals surface area contributed by atoms with Gasteiger partial charge in [0.15, 0.2) is 5.78 Å². The van der Waals surface area contributed by atoms with Gasteiger partial charge in [-0.05, 0) is 62.1 Å². The molecular weight excluding hydrogens is 324 g/mol. The monoisotopic (exact) mass is 350 g/mol. The van der Waals surface area contributed by atoms with E-state index < -0.39 is 0 Å². The Morgan fingerprint density at radius 2 is 1.85 bits per heavy atom. The minimum atomic E-state index is -0.122. The summed E-state index contributed by atoms with van der Waals surface area (Å²) in [4.78, 5) is 26.9. The largest absolute Gasteiger partial charge is 0.371 e. The highest BCUT2D eigenvalue weighted by atomic mass is 16.2. The number of benzene rings is 2. The minimum Gasteiger partial charge on any atom is -0.371 e. The molecule has 3 rings (SSSR count). The molecule has 1 N–H and O–H groups in total. The molecule has 1 amide bonds. The number of amides is 1. The lowest BCUT2D eigenvalue weighted by Crippen LogP contribution is -2.19. The molecule has 26 heavy (non-hydrogen) atoms. The Balaban J connectivity index is 1.57. The highest BCUT2D eigenvalue weighted by molar-refractivity contribution is 6.00. The zero-order chi connectivity index (χ0) is 18.7. The van der Waals surface area contributed by atoms with Crippen molar-refractivity contribution in [2.75, 3.05) is 23.3 Å². The number of anilines is 2. The van der Waals surface area contributed by atoms with E-state index in [1.807, 2.05) is 44.2 Å². The van der Waals surface area contributed by atoms with Crippen molar-refractivity contribution in [3.63, 3.8) is 0 Å². The van der Waals surface area contributed by atoms with Crippen molar-refractivity contribution < 1.29 is 9.59 Å². The van der Waals surface area contributed by atoms with Crippen molar-refractivity contribution in [2.45, 2.75) is 40.0 Å². The molecule has 0 spiro atoms. The Bertz CT molecular complexity index is 842. The first-order valence-electron chi connectivity index (χ1n) is 9.26. The van der Waals surface area contributed by atoms with E-state index in [-0.39, 0.29) is 24.5 Å². The predicted octanol–water partition coefficient (Wildman–Crippen LogP) is 4.29. The van der Waals surface area contributed by atoms with E-state index in [0.29, 0.717) is 5.56 Å². The summed E-state index contributed by atoms with van der Waals surface area (Å²) in [6.45, 7) is 8.15. The van der Waals surface area contributed by atoms with Gasteiger partial charge in [0, 0.05) is 42.9 Å². The number of hydrogen-bond acceptors (Lipinski definition) is 3. The summed E-state index contributed by atoms with van der Waals surface area (Å²) in [6, 6.07) is 11.8. The molecule has 4 nitrogen and oxygen atoms in total. The number of nitrogens with zero attached hydrogens (tertiary/aromatic N) is 1. The number of nitrogens with one attached hydrogen (secondary N) is 1. The zero-order valence-electron chi connectivity index (χ0n) is 15.8. The number of rotatable bonds is 6. The molecule has 0 saturated heterocycles. The minimum absolute atomic E-state index is 0.00867. The van der Waals surface area contributed by atoms with Gasteiger partial charge < -0.3 is 10.2 Å². The normalized spacial score (nSPS) is 12.8. The fraction of sp³-hybridized carbons (Fsp3) is 0.364. The molecule has 1 heterocycles. The van der Waals surface area contributed by atoms with E-state index in [1.165, 1.54) is 11.3 Å². The van der Waals surface area contributed by atoms with Crippen molar-refractivity contribution >= 4 is 23.1 Å². The summed E-state index contributed by atoms with van der Waals surface area (Å²) in [5, 5.41) is 2.93. The number of ketones is 1. The molecular formula is C22H26N2O2. The van der Waals surface area contributed by atoms with E-state index in [9.17, 15) is 9.59 Å². The van der Waals surface area contributed by atoms with Crippen molar-refractivity contribution in [1.29, 1.82) is 0 Å². The van der Waals surface area contributed by atoms with Crippen LogP contribution in [0.3, 0.4) is 0 Å². The molecule has 0 aliphatic carbocycles. The van der Waals surface area contributed by atoms with Crippen LogP contribution in [0.4, 0.5) is 11.4 Å². The molecule has 0 aromatic heterocycles. The van der Waals surface area contributed by atoms with E-state index in [0.717, 1.165) is 36.3 Å². The summed E-state index contributed by atoms with van der Waals surface area (Å²) in [7, 11) is 0. The number of carbonyl (C=O) groups excluding carboxylic acids is 2. The van der Waals surface area contributed by atoms with Crippen LogP contribution in [0.25, 0.3) is 0 Å². The van der Waals surface area contributed by atoms with Gasteiger partial charge in [0.05, 0.1) is 0 Å². The van der Waals surface area contributed by atoms with Crippen LogP contribution in [-0.2, 0) is 11.2 Å². The molecule has 1 aliphatic heterocycles. The average Bonchev–Trinajstić information content (AvgIpc) is 3.04. The van der Waals surface area contributed by atoms with Gasteiger partial charge in [0.25, 0.3) is 0 Å². The van der Waals surface area contributed by atoms with Gasteiger partial charge in [0.1, 0.15) is 0 Å². The molecule has 0 fully saturated rings. The summed E-state index contributed by atoms with van der Waals surface area (Å²) < 4.78 is 0. The maximum Gasteiger partial charge on any atom is 0.224 e. The predicted molar refractivity (Wildman–Crippen MR) is 106 cm³/mol. The topological polar surface area (TPSA) is 49.4 Å². The zero-order valence-corrected chi connectivity index (χ0v) is 15.8. The Labute approximate surface area is 155 Å². The smallest absolute Gasteiger partial charge is 0.224 e. The maximum atomic E-state index is 12.3. The van der Waals surface area contributed by atoms with Crippen molar-refractivity contribution in [1.82, 2.24) is 0 Å². The standard InChI is InChI=1S/C22H26N2O2/c1-4-24-12-11-17-7-8-19(14-20(17)24)23-22(26)10-9-21(25)18-6-5-15(2)16(3)13-18/h5-8,13-14H,4,9-12H2,1-3H3,(H,23,26). The Hall–Kier alpha value is -2.62. The second-order valence-electron chi connectivity index (χ2n) is 6.94. The van der Waals surface area contributed by atoms with E-state index >= 15 is 0 Å². The molecule has 0 saturated carbocycles. The average molecular weight is 350 g/mol. The number of carbonyl (C=O) groups is 2. The van der Waals surface area contributed by atoms with Crippen LogP contribution in [0, 0.1) is 13.8 Å². The lowest BCUT2D eigenvalue weighted by Gasteiger charge is -2.17. The van der Waals surface area contributed by atoms with Gasteiger partial charge in [-0.15, -0.1) is 0 Å². The van der Waals surface area contributed by atoms with E-state index in [4.69, 9.17) is 0 Å². The summed E-state index contributed by atoms with van der Waals surface area (Å²) in [5.41, 5.74) is 6.27. The Morgan fingerprint density at radius 1 is 1.04 bits per heavy atom. The second-order valence-corrected chi connectivity index (χ2v) is 6.94. The molecule has 4 heteroatoms. The summed E-state index contributed by atoms with van der Waals surface area (Å²) in [6.07, 6.45) is 1.47. The number of Topliss-reactive ketones (excluding diaryl/α,β-unsaturated/α-hetero) is 1. The first-order chi connectivity index (χ1) is 12.5. The van der Waals surface area contributed by atoms with Gasteiger partial charge in [-0.2, -0.15) is 0 Å². The highest BCUT2D eigenvalue weighted by Crippen LogP contribution is 2.30. The maximum absolute atomic E-state index is 12.3. The molecule has 0 bridgehead atoms. The summed E-state index contributed by atoms with van der Waals surface area (Å²) in [5.74, 6) is -0.113. The third-order valence-electron chi connectivity index (χ3n) is 5.15. The summed E-state index contributed by atoms with van der Waals surface area (Å²) >= 11 is 0. The number of aryl methyl sites for hydroxylation is 2. The van der Waals surface area contributed by atoms with Crippen molar-refractivity contribution in [2.24, 2.45) is 0 Å². The van der Waals surface area contributed by atoms with Crippen LogP contribution in [0.5, 0.6) is 0 Å². The third-order valence-corrected chi connectivity index (χ3v) is 5.15. The fourth-order valence-corrected chi connectivity index (χ4v) is 3.36. The van der Waals surface area contributed by atoms with E-state index in [1.54, 1.807) is 0 Å². The van der Waals surface area contributed by atoms with E-state index in [2.05, 4.69) is 23.2 Å². The SMILES string of the molecule is CCN1CCc2ccc(NC(=O)CCC(=O)c3ccc(C)c(C)c3)cc21. The van der Waals surface area contributed by atoms with Crippen LogP contribution in [-0.4, -0.2) is 24.8 Å². The van der Waals surface area contributed by atoms with Crippen molar-refractivity contribution in [3.05, 3.63) is 58.7 Å². The van der Waals surface area contributed by atoms with Gasteiger partial charge in [0.2, 0.25) is 5.91 Å². The van der Waals surface area contributed by atoms with Crippen LogP contribution in [0.15, 0.2) is 36.4 Å². The number of hydrogen-bond donors (Lipinski definition) is 1. The van der Waals surface area contributed by atoms with Crippen molar-refractivity contribution in [3.8, 4) is 0 Å². The molecule has 136 valence electrons. The quantitative estimate of drug-likeness (QED) is 0.791. The van der Waals surface area contributed by atoms with Crippen LogP contribution in [0.1, 0.15) is 46.8 Å². The molecule has 1 aliphatic rings. The first kappa shape index (κ1) is 18.2. The van der Waals surface area contributed by atoms with Gasteiger partial charge in [-0.25, -0.2) is 0 Å². The van der Waals surface area contributed by atoms with Gasteiger partial charge in [-0.3, -0.25) is 9.59 Å². The van der Waals surface area contributed by atoms with Gasteiger partial charge in [-0.1, -0.05) is 18.2 Å². The molecule has 0 radical (unpaired) electrons. The van der Waals surface area contributed by atoms with Gasteiger partial charge >= 0.3 is 0 Å². The second kappa shape index (κ2) is 7.73. The first-order valence-corrected chi connectivity index (χ1v) is 9.26. The molecule has 0 unspecified atom stereocenters.